The standard InChI is InChI=1S/C47H83NO7/c1-6-8-10-12-14-16-17-18-19-20-21-22-23-24-25-26-27-28-30-32-34-36-38-46(50)55-43(41-53-40-39-44(47(51)52)48(3,4)5)42-54-45(49)37-35-33-31-29-15-13-11-9-7-2/h14,16,18-19,21-22,29,31,43-44H,6-13,15,17,20,23-28,30,32-42H2,1-5H3/b16-14+,19-18+,22-21+,31-29+. The van der Waals surface area contributed by atoms with Crippen LogP contribution in [0.25, 0.3) is 0 Å². The zero-order chi connectivity index (χ0) is 40.7. The van der Waals surface area contributed by atoms with Crippen molar-refractivity contribution in [2.75, 3.05) is 41.0 Å². The Morgan fingerprint density at radius 1 is 0.545 bits per heavy atom. The van der Waals surface area contributed by atoms with Crippen LogP contribution in [0.3, 0.4) is 0 Å². The molecule has 0 fully saturated rings. The summed E-state index contributed by atoms with van der Waals surface area (Å²) in [7, 11) is 5.39. The summed E-state index contributed by atoms with van der Waals surface area (Å²) in [5, 5.41) is 11.6. The molecule has 0 saturated heterocycles. The number of aliphatic carboxylic acids is 1. The van der Waals surface area contributed by atoms with Crippen molar-refractivity contribution in [1.29, 1.82) is 0 Å². The molecule has 0 spiro atoms. The molecule has 0 aromatic rings. The highest BCUT2D eigenvalue weighted by atomic mass is 16.6. The van der Waals surface area contributed by atoms with Crippen LogP contribution in [0.5, 0.6) is 0 Å². The number of quaternary nitrogens is 1. The van der Waals surface area contributed by atoms with E-state index in [1.165, 1.54) is 89.9 Å². The van der Waals surface area contributed by atoms with Crippen LogP contribution >= 0.6 is 0 Å². The quantitative estimate of drug-likeness (QED) is 0.0265. The van der Waals surface area contributed by atoms with Crippen LogP contribution in [0, 0.1) is 0 Å². The van der Waals surface area contributed by atoms with Crippen molar-refractivity contribution in [2.45, 2.75) is 193 Å². The van der Waals surface area contributed by atoms with Crippen molar-refractivity contribution >= 4 is 17.9 Å². The molecule has 0 aliphatic rings. The van der Waals surface area contributed by atoms with E-state index in [0.29, 0.717) is 19.3 Å². The fraction of sp³-hybridized carbons (Fsp3) is 0.766. The lowest BCUT2D eigenvalue weighted by Crippen LogP contribution is -2.55. The Morgan fingerprint density at radius 2 is 0.982 bits per heavy atom. The lowest BCUT2D eigenvalue weighted by Gasteiger charge is -2.34. The molecule has 55 heavy (non-hydrogen) atoms. The number of carbonyl (C=O) groups is 3. The predicted molar refractivity (Wildman–Crippen MR) is 226 cm³/mol. The van der Waals surface area contributed by atoms with Crippen molar-refractivity contribution in [2.24, 2.45) is 0 Å². The summed E-state index contributed by atoms with van der Waals surface area (Å²) < 4.78 is 17.1. The Morgan fingerprint density at radius 3 is 1.53 bits per heavy atom. The Balaban J connectivity index is 4.27. The highest BCUT2D eigenvalue weighted by Gasteiger charge is 2.25. The van der Waals surface area contributed by atoms with Gasteiger partial charge in [-0.25, -0.2) is 0 Å². The van der Waals surface area contributed by atoms with Gasteiger partial charge in [0.1, 0.15) is 12.6 Å². The normalized spacial score (nSPS) is 13.4. The van der Waals surface area contributed by atoms with Crippen LogP contribution in [-0.2, 0) is 28.6 Å². The van der Waals surface area contributed by atoms with E-state index in [9.17, 15) is 19.5 Å². The van der Waals surface area contributed by atoms with Crippen LogP contribution in [0.4, 0.5) is 0 Å². The molecular formula is C47H83NO7. The van der Waals surface area contributed by atoms with Gasteiger partial charge in [-0.05, 0) is 70.6 Å². The number of hydrogen-bond acceptors (Lipinski definition) is 7. The predicted octanol–water partition coefficient (Wildman–Crippen LogP) is 10.7. The van der Waals surface area contributed by atoms with Crippen LogP contribution < -0.4 is 5.11 Å². The number of esters is 2. The highest BCUT2D eigenvalue weighted by molar-refractivity contribution is 5.70. The van der Waals surface area contributed by atoms with E-state index in [1.807, 2.05) is 0 Å². The second-order valence-corrected chi connectivity index (χ2v) is 15.9. The molecule has 0 N–H and O–H groups in total. The lowest BCUT2D eigenvalue weighted by atomic mass is 10.1. The third-order valence-corrected chi connectivity index (χ3v) is 9.69. The Kier molecular flexibility index (Phi) is 36.3. The van der Waals surface area contributed by atoms with Crippen molar-refractivity contribution in [3.63, 3.8) is 0 Å². The van der Waals surface area contributed by atoms with Gasteiger partial charge in [0.15, 0.2) is 6.10 Å². The number of carboxylic acids is 1. The van der Waals surface area contributed by atoms with Gasteiger partial charge in [-0.3, -0.25) is 9.59 Å². The van der Waals surface area contributed by atoms with Crippen molar-refractivity contribution in [3.05, 3.63) is 48.6 Å². The molecule has 0 aromatic carbocycles. The van der Waals surface area contributed by atoms with E-state index >= 15 is 0 Å². The van der Waals surface area contributed by atoms with Gasteiger partial charge in [0.2, 0.25) is 0 Å². The molecule has 0 radical (unpaired) electrons. The van der Waals surface area contributed by atoms with Crippen molar-refractivity contribution < 1.29 is 38.2 Å². The summed E-state index contributed by atoms with van der Waals surface area (Å²) in [5.74, 6) is -1.79. The maximum atomic E-state index is 12.7. The summed E-state index contributed by atoms with van der Waals surface area (Å²) in [6.07, 6.45) is 44.3. The topological polar surface area (TPSA) is 102 Å². The fourth-order valence-electron chi connectivity index (χ4n) is 6.20. The minimum absolute atomic E-state index is 0.0295. The summed E-state index contributed by atoms with van der Waals surface area (Å²) in [6, 6.07) is -0.730. The number of unbranched alkanes of at least 4 members (excludes halogenated alkanes) is 17. The molecule has 0 aromatic heterocycles. The van der Waals surface area contributed by atoms with E-state index in [2.05, 4.69) is 62.5 Å². The molecule has 0 saturated carbocycles. The van der Waals surface area contributed by atoms with Gasteiger partial charge in [0.25, 0.3) is 0 Å². The molecular weight excluding hydrogens is 691 g/mol. The van der Waals surface area contributed by atoms with Crippen LogP contribution in [0.15, 0.2) is 48.6 Å². The fourth-order valence-corrected chi connectivity index (χ4v) is 6.20. The Hall–Kier alpha value is -2.71. The largest absolute Gasteiger partial charge is 0.544 e. The van der Waals surface area contributed by atoms with Crippen LogP contribution in [-0.4, -0.2) is 75.5 Å². The minimum Gasteiger partial charge on any atom is -0.544 e. The van der Waals surface area contributed by atoms with E-state index < -0.39 is 18.1 Å². The molecule has 0 rings (SSSR count). The van der Waals surface area contributed by atoms with Crippen LogP contribution in [0.1, 0.15) is 181 Å². The summed E-state index contributed by atoms with van der Waals surface area (Å²) in [4.78, 5) is 36.7. The van der Waals surface area contributed by atoms with Gasteiger partial charge in [-0.15, -0.1) is 0 Å². The summed E-state index contributed by atoms with van der Waals surface area (Å²) in [5.41, 5.74) is 0. The number of hydrogen-bond donors (Lipinski definition) is 0. The molecule has 2 atom stereocenters. The summed E-state index contributed by atoms with van der Waals surface area (Å²) in [6.45, 7) is 4.56. The number of ether oxygens (including phenoxy) is 3. The van der Waals surface area contributed by atoms with Gasteiger partial charge in [-0.1, -0.05) is 140 Å². The first kappa shape index (κ1) is 52.3. The maximum Gasteiger partial charge on any atom is 0.306 e. The minimum atomic E-state index is -1.13. The SMILES string of the molecule is CCCCC/C=C/C/C=C/C/C=C/CCCCCCCCCCCC(=O)OC(COCCC(C(=O)[O-])[N+](C)(C)C)COC(=O)CCC/C=C/CCCCCC. The number of rotatable bonds is 39. The van der Waals surface area contributed by atoms with Gasteiger partial charge in [-0.2, -0.15) is 0 Å². The van der Waals surface area contributed by atoms with Gasteiger partial charge in [0, 0.05) is 19.3 Å². The summed E-state index contributed by atoms with van der Waals surface area (Å²) >= 11 is 0. The lowest BCUT2D eigenvalue weighted by molar-refractivity contribution is -0.889. The number of likely N-dealkylation sites (N-methyl/N-ethyl adjacent to an activating group) is 1. The van der Waals surface area contributed by atoms with Crippen molar-refractivity contribution in [3.8, 4) is 0 Å². The number of allylic oxidation sites excluding steroid dienone is 8. The third kappa shape index (κ3) is 36.7. The zero-order valence-corrected chi connectivity index (χ0v) is 36.1. The average Bonchev–Trinajstić information content (AvgIpc) is 3.14. The first-order chi connectivity index (χ1) is 26.6. The maximum absolute atomic E-state index is 12.7. The van der Waals surface area contributed by atoms with E-state index in [0.717, 1.165) is 51.4 Å². The molecule has 2 unspecified atom stereocenters. The molecule has 0 aliphatic heterocycles. The molecule has 0 heterocycles. The second kappa shape index (κ2) is 38.2. The number of carboxylic acid groups (broad SMARTS) is 1. The van der Waals surface area contributed by atoms with Crippen LogP contribution in [0.2, 0.25) is 0 Å². The second-order valence-electron chi connectivity index (χ2n) is 15.9. The smallest absolute Gasteiger partial charge is 0.306 e. The number of carbonyl (C=O) groups excluding carboxylic acids is 3. The first-order valence-electron chi connectivity index (χ1n) is 22.2. The third-order valence-electron chi connectivity index (χ3n) is 9.69. The van der Waals surface area contributed by atoms with E-state index in [4.69, 9.17) is 14.2 Å². The molecule has 0 bridgehead atoms. The molecule has 318 valence electrons. The van der Waals surface area contributed by atoms with Gasteiger partial charge >= 0.3 is 11.9 Å². The first-order valence-corrected chi connectivity index (χ1v) is 22.2. The monoisotopic (exact) mass is 774 g/mol. The molecule has 0 aliphatic carbocycles. The van der Waals surface area contributed by atoms with Crippen molar-refractivity contribution in [1.82, 2.24) is 0 Å². The van der Waals surface area contributed by atoms with E-state index in [-0.39, 0.29) is 42.7 Å². The zero-order valence-electron chi connectivity index (χ0n) is 36.1. The van der Waals surface area contributed by atoms with Gasteiger partial charge in [0.05, 0.1) is 40.3 Å². The Bertz CT molecular complexity index is 1040. The van der Waals surface area contributed by atoms with E-state index in [1.54, 1.807) is 21.1 Å². The number of nitrogens with zero attached hydrogens (tertiary/aromatic N) is 1. The molecule has 8 nitrogen and oxygen atoms in total. The average molecular weight is 774 g/mol. The highest BCUT2D eigenvalue weighted by Crippen LogP contribution is 2.14. The molecule has 8 heteroatoms. The van der Waals surface area contributed by atoms with Gasteiger partial charge < -0.3 is 28.6 Å². The molecule has 0 amide bonds. The Labute approximate surface area is 337 Å².